The summed E-state index contributed by atoms with van der Waals surface area (Å²) in [7, 11) is 0. The Morgan fingerprint density at radius 2 is 1.60 bits per heavy atom. The summed E-state index contributed by atoms with van der Waals surface area (Å²) in [6.07, 6.45) is 6.38. The number of fused-ring (bicyclic) bond motifs is 7. The van der Waals surface area contributed by atoms with Gasteiger partial charge in [-0.15, -0.1) is 0 Å². The maximum atomic E-state index is 13.8. The van der Waals surface area contributed by atoms with Gasteiger partial charge < -0.3 is 20.1 Å². The zero-order valence-corrected chi connectivity index (χ0v) is 28.1. The van der Waals surface area contributed by atoms with Crippen LogP contribution < -0.4 is 0 Å². The lowest BCUT2D eigenvalue weighted by Crippen LogP contribution is -2.71. The number of carbonyl (C=O) groups excluding carboxylic acids is 1. The van der Waals surface area contributed by atoms with E-state index >= 15 is 0 Å². The van der Waals surface area contributed by atoms with Gasteiger partial charge in [0.1, 0.15) is 12.7 Å². The molecule has 0 spiro atoms. The van der Waals surface area contributed by atoms with Crippen molar-refractivity contribution in [3.8, 4) is 0 Å². The predicted molar refractivity (Wildman–Crippen MR) is 171 cm³/mol. The molecule has 0 heterocycles. The number of hydrogen-bond acceptors (Lipinski definition) is 7. The second-order valence-electron chi connectivity index (χ2n) is 17.3. The summed E-state index contributed by atoms with van der Waals surface area (Å²) in [5.74, 6) is 0.137. The lowest BCUT2D eigenvalue weighted by atomic mass is 9.33. The number of para-hydroxylation sites is 1. The molecule has 5 aliphatic carbocycles. The van der Waals surface area contributed by atoms with Crippen molar-refractivity contribution in [3.05, 3.63) is 51.6 Å². The Hall–Kier alpha value is -2.29. The van der Waals surface area contributed by atoms with E-state index in [0.29, 0.717) is 12.0 Å². The van der Waals surface area contributed by atoms with E-state index in [1.54, 1.807) is 18.2 Å². The monoisotopic (exact) mass is 623 g/mol. The van der Waals surface area contributed by atoms with Gasteiger partial charge >= 0.3 is 5.97 Å². The van der Waals surface area contributed by atoms with E-state index in [4.69, 9.17) is 4.74 Å². The van der Waals surface area contributed by atoms with Gasteiger partial charge in [0.05, 0.1) is 28.1 Å². The minimum atomic E-state index is -1.18. The molecule has 0 aromatic heterocycles. The van der Waals surface area contributed by atoms with Gasteiger partial charge in [-0.2, -0.15) is 0 Å². The van der Waals surface area contributed by atoms with Crippen molar-refractivity contribution in [1.29, 1.82) is 0 Å². The molecule has 0 bridgehead atoms. The SMILES string of the molecule is CC1(C)[C@@H](O)[C@@H](O)[C@H](O)[C@]2(C)[C@H]3CC=C4[C@@H]5C[C@@](C)(C(=O)OCc6ccccc6[N+](=O)[O-])CC[C@]5(C)CC[C@@]4(C)[C@]3(C)CC[C@@H]12. The molecule has 248 valence electrons. The number of esters is 1. The summed E-state index contributed by atoms with van der Waals surface area (Å²) in [4.78, 5) is 24.8. The van der Waals surface area contributed by atoms with Crippen LogP contribution in [0.3, 0.4) is 0 Å². The van der Waals surface area contributed by atoms with Crippen LogP contribution in [0.2, 0.25) is 0 Å². The molecule has 4 fully saturated rings. The first-order valence-electron chi connectivity index (χ1n) is 17.0. The van der Waals surface area contributed by atoms with Crippen molar-refractivity contribution in [2.45, 2.75) is 125 Å². The first kappa shape index (κ1) is 32.6. The molecule has 8 nitrogen and oxygen atoms in total. The number of benzene rings is 1. The summed E-state index contributed by atoms with van der Waals surface area (Å²) in [6.45, 7) is 15.4. The third kappa shape index (κ3) is 4.37. The molecular formula is C37H53NO7. The van der Waals surface area contributed by atoms with Gasteiger partial charge in [-0.1, -0.05) is 65.3 Å². The van der Waals surface area contributed by atoms with Crippen LogP contribution in [-0.2, 0) is 16.1 Å². The highest BCUT2D eigenvalue weighted by atomic mass is 16.6. The van der Waals surface area contributed by atoms with Gasteiger partial charge in [-0.25, -0.2) is 0 Å². The summed E-state index contributed by atoms with van der Waals surface area (Å²) in [5, 5.41) is 45.4. The van der Waals surface area contributed by atoms with Crippen LogP contribution in [0.15, 0.2) is 35.9 Å². The van der Waals surface area contributed by atoms with E-state index in [1.807, 2.05) is 20.8 Å². The van der Waals surface area contributed by atoms with Crippen molar-refractivity contribution >= 4 is 11.7 Å². The number of ether oxygens (including phenoxy) is 1. The van der Waals surface area contributed by atoms with Gasteiger partial charge in [0.25, 0.3) is 5.69 Å². The first-order chi connectivity index (χ1) is 20.9. The maximum Gasteiger partial charge on any atom is 0.312 e. The van der Waals surface area contributed by atoms with E-state index in [-0.39, 0.29) is 52.3 Å². The van der Waals surface area contributed by atoms with Gasteiger partial charge in [0, 0.05) is 11.5 Å². The quantitative estimate of drug-likeness (QED) is 0.147. The highest BCUT2D eigenvalue weighted by Crippen LogP contribution is 2.75. The van der Waals surface area contributed by atoms with Crippen LogP contribution in [0, 0.1) is 60.4 Å². The fraction of sp³-hybridized carbons (Fsp3) is 0.757. The molecule has 11 atom stereocenters. The number of carbonyl (C=O) groups is 1. The summed E-state index contributed by atoms with van der Waals surface area (Å²) < 4.78 is 5.83. The van der Waals surface area contributed by atoms with Crippen LogP contribution in [0.1, 0.15) is 105 Å². The van der Waals surface area contributed by atoms with E-state index in [2.05, 4.69) is 33.8 Å². The van der Waals surface area contributed by atoms with Crippen LogP contribution in [0.5, 0.6) is 0 Å². The molecule has 1 aromatic carbocycles. The molecule has 6 rings (SSSR count). The molecule has 0 unspecified atom stereocenters. The van der Waals surface area contributed by atoms with Crippen molar-refractivity contribution in [2.75, 3.05) is 0 Å². The minimum absolute atomic E-state index is 0.0400. The van der Waals surface area contributed by atoms with Crippen LogP contribution in [0.25, 0.3) is 0 Å². The average Bonchev–Trinajstić information content (AvgIpc) is 2.99. The van der Waals surface area contributed by atoms with Gasteiger partial charge in [-0.05, 0) is 104 Å². The third-order valence-corrected chi connectivity index (χ3v) is 15.0. The topological polar surface area (TPSA) is 130 Å². The number of nitrogens with zero attached hydrogens (tertiary/aromatic N) is 1. The number of nitro groups is 1. The van der Waals surface area contributed by atoms with E-state index in [1.165, 1.54) is 11.6 Å². The Labute approximate surface area is 267 Å². The van der Waals surface area contributed by atoms with E-state index in [9.17, 15) is 30.2 Å². The molecule has 4 saturated carbocycles. The molecule has 1 aromatic rings. The standard InChI is InChI=1S/C37H53NO7/c1-32(2)26-14-15-36(6)27(37(26,7)30(41)28(39)29(32)40)13-12-23-24-20-34(4,17-16-33(24,3)18-19-35(23,36)5)31(42)45-21-22-10-8-9-11-25(22)38(43)44/h8-12,24,26-30,39-41H,13-21H2,1-7H3/t24-,26-,27-,28+,29-,30-,33+,34-,35+,36+,37-/m0/s1. The summed E-state index contributed by atoms with van der Waals surface area (Å²) in [5.41, 5.74) is -0.147. The minimum Gasteiger partial charge on any atom is -0.460 e. The Bertz CT molecular complexity index is 1420. The van der Waals surface area contributed by atoms with Gasteiger partial charge in [0.15, 0.2) is 0 Å². The maximum absolute atomic E-state index is 13.8. The van der Waals surface area contributed by atoms with E-state index in [0.717, 1.165) is 44.9 Å². The second kappa shape index (κ2) is 10.4. The summed E-state index contributed by atoms with van der Waals surface area (Å²) >= 11 is 0. The molecular weight excluding hydrogens is 570 g/mol. The highest BCUT2D eigenvalue weighted by Gasteiger charge is 2.71. The molecule has 8 heteroatoms. The van der Waals surface area contributed by atoms with Crippen LogP contribution in [0.4, 0.5) is 5.69 Å². The lowest BCUT2D eigenvalue weighted by Gasteiger charge is -2.72. The zero-order valence-electron chi connectivity index (χ0n) is 28.1. The Morgan fingerprint density at radius 3 is 2.29 bits per heavy atom. The average molecular weight is 624 g/mol. The second-order valence-corrected chi connectivity index (χ2v) is 17.3. The molecule has 45 heavy (non-hydrogen) atoms. The number of nitro benzene ring substituents is 1. The van der Waals surface area contributed by atoms with Crippen molar-refractivity contribution < 1.29 is 29.8 Å². The highest BCUT2D eigenvalue weighted by molar-refractivity contribution is 5.77. The molecule has 5 aliphatic rings. The number of aliphatic hydroxyl groups is 3. The van der Waals surface area contributed by atoms with Gasteiger partial charge in [0.2, 0.25) is 0 Å². The molecule has 0 aliphatic heterocycles. The van der Waals surface area contributed by atoms with Crippen LogP contribution in [-0.4, -0.2) is 44.5 Å². The Balaban J connectivity index is 1.31. The Morgan fingerprint density at radius 1 is 0.933 bits per heavy atom. The number of rotatable bonds is 4. The fourth-order valence-corrected chi connectivity index (χ4v) is 11.7. The van der Waals surface area contributed by atoms with Crippen molar-refractivity contribution in [3.63, 3.8) is 0 Å². The molecule has 0 saturated heterocycles. The first-order valence-corrected chi connectivity index (χ1v) is 17.0. The van der Waals surface area contributed by atoms with Gasteiger partial charge in [-0.3, -0.25) is 14.9 Å². The largest absolute Gasteiger partial charge is 0.460 e. The Kier molecular flexibility index (Phi) is 7.51. The number of hydrogen-bond donors (Lipinski definition) is 3. The van der Waals surface area contributed by atoms with E-state index < -0.39 is 39.5 Å². The third-order valence-electron chi connectivity index (χ3n) is 15.0. The predicted octanol–water partition coefficient (Wildman–Crippen LogP) is 6.74. The molecule has 0 radical (unpaired) electrons. The van der Waals surface area contributed by atoms with Crippen molar-refractivity contribution in [1.82, 2.24) is 0 Å². The molecule has 3 N–H and O–H groups in total. The number of aliphatic hydroxyl groups excluding tert-OH is 3. The van der Waals surface area contributed by atoms with Crippen molar-refractivity contribution in [2.24, 2.45) is 50.2 Å². The lowest BCUT2D eigenvalue weighted by molar-refractivity contribution is -0.385. The summed E-state index contributed by atoms with van der Waals surface area (Å²) in [6, 6.07) is 6.42. The zero-order chi connectivity index (χ0) is 33.0. The normalized spacial score (nSPS) is 46.8. The fourth-order valence-electron chi connectivity index (χ4n) is 11.7. The van der Waals surface area contributed by atoms with Crippen LogP contribution >= 0.6 is 0 Å². The number of allylic oxidation sites excluding steroid dienone is 2. The smallest absolute Gasteiger partial charge is 0.312 e. The molecule has 0 amide bonds.